The van der Waals surface area contributed by atoms with E-state index in [4.69, 9.17) is 25.8 Å². The van der Waals surface area contributed by atoms with Crippen LogP contribution in [0.5, 0.6) is 11.5 Å². The van der Waals surface area contributed by atoms with Crippen LogP contribution in [0.4, 0.5) is 11.4 Å². The predicted octanol–water partition coefficient (Wildman–Crippen LogP) is 5.09. The van der Waals surface area contributed by atoms with Gasteiger partial charge >= 0.3 is 5.97 Å². The summed E-state index contributed by atoms with van der Waals surface area (Å²) in [6, 6.07) is 14.6. The van der Waals surface area contributed by atoms with E-state index < -0.39 is 15.8 Å². The van der Waals surface area contributed by atoms with Crippen LogP contribution in [0.3, 0.4) is 0 Å². The van der Waals surface area contributed by atoms with Crippen molar-refractivity contribution in [1.29, 1.82) is 0 Å². The SMILES string of the molecule is COc1cc(/C=C2\N=C(c3cc([N+](=O)[O-])ccc3Cl)OC2=O)ccc1OCc1ccc([N+](=O)[O-])cc1. The van der Waals surface area contributed by atoms with Crippen molar-refractivity contribution in [2.75, 3.05) is 7.11 Å². The molecular formula is C24H16ClN3O8. The van der Waals surface area contributed by atoms with E-state index in [9.17, 15) is 25.0 Å². The van der Waals surface area contributed by atoms with Gasteiger partial charge in [0.2, 0.25) is 5.90 Å². The van der Waals surface area contributed by atoms with E-state index in [1.807, 2.05) is 0 Å². The largest absolute Gasteiger partial charge is 0.493 e. The number of nitrogens with zero attached hydrogens (tertiary/aromatic N) is 3. The number of hydrogen-bond donors (Lipinski definition) is 0. The van der Waals surface area contributed by atoms with Crippen molar-refractivity contribution in [2.24, 2.45) is 4.99 Å². The molecule has 4 rings (SSSR count). The van der Waals surface area contributed by atoms with Gasteiger partial charge in [0, 0.05) is 24.3 Å². The molecule has 0 unspecified atom stereocenters. The van der Waals surface area contributed by atoms with Gasteiger partial charge < -0.3 is 14.2 Å². The molecule has 0 saturated carbocycles. The zero-order valence-electron chi connectivity index (χ0n) is 18.5. The van der Waals surface area contributed by atoms with E-state index in [2.05, 4.69) is 4.99 Å². The average molecular weight is 510 g/mol. The van der Waals surface area contributed by atoms with Crippen LogP contribution in [-0.4, -0.2) is 28.8 Å². The minimum atomic E-state index is -0.745. The fourth-order valence-electron chi connectivity index (χ4n) is 3.24. The summed E-state index contributed by atoms with van der Waals surface area (Å²) in [6.45, 7) is 0.152. The maximum absolute atomic E-state index is 12.4. The molecule has 0 aromatic heterocycles. The van der Waals surface area contributed by atoms with Gasteiger partial charge in [-0.3, -0.25) is 20.2 Å². The van der Waals surface area contributed by atoms with Gasteiger partial charge in [0.25, 0.3) is 11.4 Å². The molecule has 0 spiro atoms. The number of methoxy groups -OCH3 is 1. The minimum Gasteiger partial charge on any atom is -0.493 e. The molecule has 0 bridgehead atoms. The maximum atomic E-state index is 12.4. The molecule has 1 aliphatic rings. The monoisotopic (exact) mass is 509 g/mol. The molecule has 3 aromatic carbocycles. The number of non-ortho nitro benzene ring substituents is 2. The lowest BCUT2D eigenvalue weighted by molar-refractivity contribution is -0.385. The number of nitro groups is 2. The van der Waals surface area contributed by atoms with E-state index in [0.717, 1.165) is 5.56 Å². The molecule has 3 aromatic rings. The molecule has 0 radical (unpaired) electrons. The molecule has 0 amide bonds. The third-order valence-corrected chi connectivity index (χ3v) is 5.37. The topological polar surface area (TPSA) is 143 Å². The van der Waals surface area contributed by atoms with E-state index in [1.54, 1.807) is 30.3 Å². The Labute approximate surface area is 208 Å². The summed E-state index contributed by atoms with van der Waals surface area (Å²) in [5.74, 6) is -0.0943. The molecule has 12 heteroatoms. The van der Waals surface area contributed by atoms with Crippen molar-refractivity contribution in [3.63, 3.8) is 0 Å². The van der Waals surface area contributed by atoms with Crippen LogP contribution in [0, 0.1) is 20.2 Å². The van der Waals surface area contributed by atoms with Gasteiger partial charge in [0.15, 0.2) is 17.2 Å². The first-order chi connectivity index (χ1) is 17.2. The highest BCUT2D eigenvalue weighted by Crippen LogP contribution is 2.31. The zero-order valence-corrected chi connectivity index (χ0v) is 19.3. The zero-order chi connectivity index (χ0) is 25.8. The summed E-state index contributed by atoms with van der Waals surface area (Å²) < 4.78 is 16.3. The lowest BCUT2D eigenvalue weighted by Gasteiger charge is -2.11. The summed E-state index contributed by atoms with van der Waals surface area (Å²) in [4.78, 5) is 37.3. The van der Waals surface area contributed by atoms with E-state index >= 15 is 0 Å². The molecule has 1 heterocycles. The fourth-order valence-corrected chi connectivity index (χ4v) is 3.44. The summed E-state index contributed by atoms with van der Waals surface area (Å²) in [5, 5.41) is 22.0. The second-order valence-electron chi connectivity index (χ2n) is 7.38. The third kappa shape index (κ3) is 5.31. The number of cyclic esters (lactones) is 1. The molecule has 36 heavy (non-hydrogen) atoms. The molecular weight excluding hydrogens is 494 g/mol. The quantitative estimate of drug-likeness (QED) is 0.177. The Kier molecular flexibility index (Phi) is 6.93. The van der Waals surface area contributed by atoms with Crippen molar-refractivity contribution in [3.05, 3.63) is 108 Å². The number of halogens is 1. The summed E-state index contributed by atoms with van der Waals surface area (Å²) >= 11 is 6.11. The van der Waals surface area contributed by atoms with Crippen molar-refractivity contribution < 1.29 is 28.9 Å². The molecule has 0 saturated heterocycles. The highest BCUT2D eigenvalue weighted by molar-refractivity contribution is 6.34. The van der Waals surface area contributed by atoms with Crippen LogP contribution < -0.4 is 9.47 Å². The van der Waals surface area contributed by atoms with Gasteiger partial charge in [0.1, 0.15) is 6.61 Å². The van der Waals surface area contributed by atoms with Crippen molar-refractivity contribution in [3.8, 4) is 11.5 Å². The Morgan fingerprint density at radius 2 is 1.67 bits per heavy atom. The number of aliphatic imine (C=N–C) groups is 1. The highest BCUT2D eigenvalue weighted by Gasteiger charge is 2.27. The predicted molar refractivity (Wildman–Crippen MR) is 129 cm³/mol. The molecule has 11 nitrogen and oxygen atoms in total. The standard InChI is InChI=1S/C24H16ClN3O8/c1-34-22-11-15(4-9-21(22)35-13-14-2-5-16(6-3-14)27(30)31)10-20-24(29)36-23(26-20)18-12-17(28(32)33)7-8-19(18)25/h2-12H,13H2,1H3/b20-10-. The molecule has 0 aliphatic carbocycles. The van der Waals surface area contributed by atoms with Gasteiger partial charge in [-0.05, 0) is 47.5 Å². The number of carbonyl (C=O) groups is 1. The van der Waals surface area contributed by atoms with Crippen LogP contribution in [0.25, 0.3) is 6.08 Å². The van der Waals surface area contributed by atoms with Gasteiger partial charge in [-0.2, -0.15) is 0 Å². The van der Waals surface area contributed by atoms with Crippen LogP contribution in [0.1, 0.15) is 16.7 Å². The van der Waals surface area contributed by atoms with Crippen molar-refractivity contribution in [1.82, 2.24) is 0 Å². The highest BCUT2D eigenvalue weighted by atomic mass is 35.5. The first-order valence-electron chi connectivity index (χ1n) is 10.3. The summed E-state index contributed by atoms with van der Waals surface area (Å²) in [6.07, 6.45) is 1.46. The van der Waals surface area contributed by atoms with Gasteiger partial charge in [-0.15, -0.1) is 0 Å². The second-order valence-corrected chi connectivity index (χ2v) is 7.79. The second kappa shape index (κ2) is 10.2. The number of rotatable bonds is 8. The Morgan fingerprint density at radius 1 is 0.972 bits per heavy atom. The Balaban J connectivity index is 1.54. The first-order valence-corrected chi connectivity index (χ1v) is 10.6. The lowest BCUT2D eigenvalue weighted by atomic mass is 10.1. The van der Waals surface area contributed by atoms with E-state index in [1.165, 1.54) is 43.5 Å². The van der Waals surface area contributed by atoms with Crippen LogP contribution in [0.15, 0.2) is 71.4 Å². The smallest absolute Gasteiger partial charge is 0.363 e. The van der Waals surface area contributed by atoms with Crippen LogP contribution in [0.2, 0.25) is 5.02 Å². The maximum Gasteiger partial charge on any atom is 0.363 e. The van der Waals surface area contributed by atoms with Crippen LogP contribution in [-0.2, 0) is 16.1 Å². The van der Waals surface area contributed by atoms with E-state index in [0.29, 0.717) is 17.1 Å². The molecule has 182 valence electrons. The lowest BCUT2D eigenvalue weighted by Crippen LogP contribution is -2.06. The fraction of sp³-hybridized carbons (Fsp3) is 0.0833. The molecule has 1 aliphatic heterocycles. The van der Waals surface area contributed by atoms with Gasteiger partial charge in [-0.1, -0.05) is 17.7 Å². The van der Waals surface area contributed by atoms with Crippen molar-refractivity contribution >= 4 is 40.9 Å². The molecule has 0 fully saturated rings. The first kappa shape index (κ1) is 24.4. The molecule has 0 N–H and O–H groups in total. The summed E-state index contributed by atoms with van der Waals surface area (Å²) in [5.41, 5.74) is 1.13. The third-order valence-electron chi connectivity index (χ3n) is 5.04. The number of esters is 1. The number of carbonyl (C=O) groups excluding carboxylic acids is 1. The number of benzene rings is 3. The van der Waals surface area contributed by atoms with E-state index in [-0.39, 0.29) is 40.2 Å². The summed E-state index contributed by atoms with van der Waals surface area (Å²) in [7, 11) is 1.45. The van der Waals surface area contributed by atoms with Gasteiger partial charge in [-0.25, -0.2) is 9.79 Å². The Hall–Kier alpha value is -4.77. The average Bonchev–Trinajstić information content (AvgIpc) is 3.23. The van der Waals surface area contributed by atoms with Crippen molar-refractivity contribution in [2.45, 2.75) is 6.61 Å². The normalized spacial score (nSPS) is 13.8. The number of hydrogen-bond acceptors (Lipinski definition) is 9. The number of ether oxygens (including phenoxy) is 3. The minimum absolute atomic E-state index is 0.0160. The Bertz CT molecular complexity index is 1430. The molecule has 0 atom stereocenters. The van der Waals surface area contributed by atoms with Gasteiger partial charge in [0.05, 0.1) is 27.5 Å². The Morgan fingerprint density at radius 3 is 2.33 bits per heavy atom. The number of nitro benzene ring substituents is 2. The van der Waals surface area contributed by atoms with Crippen LogP contribution >= 0.6 is 11.6 Å².